The van der Waals surface area contributed by atoms with Crippen LogP contribution in [0.5, 0.6) is 0 Å². The Bertz CT molecular complexity index is 272. The predicted octanol–water partition coefficient (Wildman–Crippen LogP) is 3.26. The number of hydrogen-bond donors (Lipinski definition) is 1. The molecule has 1 rings (SSSR count). The Balaban J connectivity index is 2.48. The summed E-state index contributed by atoms with van der Waals surface area (Å²) >= 11 is 0. The van der Waals surface area contributed by atoms with Crippen molar-refractivity contribution < 1.29 is 4.79 Å². The van der Waals surface area contributed by atoms with Crippen molar-refractivity contribution >= 4 is 5.78 Å². The van der Waals surface area contributed by atoms with E-state index in [-0.39, 0.29) is 5.92 Å². The van der Waals surface area contributed by atoms with Gasteiger partial charge in [0.2, 0.25) is 0 Å². The topological polar surface area (TPSA) is 29.1 Å². The van der Waals surface area contributed by atoms with Gasteiger partial charge in [-0.1, -0.05) is 27.7 Å². The second-order valence-corrected chi connectivity index (χ2v) is 6.44. The van der Waals surface area contributed by atoms with Crippen LogP contribution in [-0.4, -0.2) is 18.9 Å². The predicted molar refractivity (Wildman–Crippen MR) is 73.0 cm³/mol. The highest BCUT2D eigenvalue weighted by Crippen LogP contribution is 2.62. The Hall–Kier alpha value is -0.370. The molecule has 1 saturated carbocycles. The summed E-state index contributed by atoms with van der Waals surface area (Å²) in [6.45, 7) is 11.0. The molecule has 1 aliphatic carbocycles. The summed E-state index contributed by atoms with van der Waals surface area (Å²) < 4.78 is 0. The van der Waals surface area contributed by atoms with Crippen LogP contribution in [0.3, 0.4) is 0 Å². The van der Waals surface area contributed by atoms with Gasteiger partial charge in [-0.2, -0.15) is 0 Å². The second kappa shape index (κ2) is 5.51. The van der Waals surface area contributed by atoms with Gasteiger partial charge in [-0.05, 0) is 44.1 Å². The highest BCUT2D eigenvalue weighted by molar-refractivity contribution is 5.81. The lowest BCUT2D eigenvalue weighted by molar-refractivity contribution is -0.123. The summed E-state index contributed by atoms with van der Waals surface area (Å²) in [5.74, 6) is 2.04. The number of carbonyl (C=O) groups is 1. The SMILES string of the molecule is CCC(C)C(=O)C[C@@H]1[C@H](C[C@H](C)NC)C1(C)C. The van der Waals surface area contributed by atoms with Gasteiger partial charge in [0.05, 0.1) is 0 Å². The highest BCUT2D eigenvalue weighted by atomic mass is 16.1. The standard InChI is InChI=1S/C15H29NO/c1-7-10(2)14(17)9-13-12(15(13,4)5)8-11(3)16-6/h10-13,16H,7-9H2,1-6H3/t10?,11-,12-,13+/m0/s1. The molecule has 0 spiro atoms. The minimum atomic E-state index is 0.244. The Morgan fingerprint density at radius 3 is 2.35 bits per heavy atom. The molecule has 0 saturated heterocycles. The van der Waals surface area contributed by atoms with E-state index in [0.717, 1.165) is 18.8 Å². The van der Waals surface area contributed by atoms with Crippen LogP contribution < -0.4 is 5.32 Å². The smallest absolute Gasteiger partial charge is 0.135 e. The highest BCUT2D eigenvalue weighted by Gasteiger charge is 2.57. The molecule has 1 unspecified atom stereocenters. The minimum Gasteiger partial charge on any atom is -0.317 e. The molecular formula is C15H29NO. The number of Topliss-reactive ketones (excluding diaryl/α,β-unsaturated/α-hetero) is 1. The second-order valence-electron chi connectivity index (χ2n) is 6.44. The monoisotopic (exact) mass is 239 g/mol. The van der Waals surface area contributed by atoms with Crippen molar-refractivity contribution in [2.75, 3.05) is 7.05 Å². The van der Waals surface area contributed by atoms with Crippen molar-refractivity contribution in [2.24, 2.45) is 23.2 Å². The summed E-state index contributed by atoms with van der Waals surface area (Å²) in [4.78, 5) is 12.0. The molecule has 1 N–H and O–H groups in total. The number of carbonyl (C=O) groups excluding carboxylic acids is 1. The Morgan fingerprint density at radius 2 is 1.88 bits per heavy atom. The molecule has 0 aromatic rings. The van der Waals surface area contributed by atoms with E-state index in [1.54, 1.807) is 0 Å². The van der Waals surface area contributed by atoms with E-state index in [2.05, 4.69) is 39.9 Å². The number of hydrogen-bond acceptors (Lipinski definition) is 2. The molecule has 17 heavy (non-hydrogen) atoms. The van der Waals surface area contributed by atoms with Crippen molar-refractivity contribution in [1.82, 2.24) is 5.32 Å². The molecule has 1 aliphatic rings. The number of rotatable bonds is 7. The Kier molecular flexibility index (Phi) is 4.77. The average molecular weight is 239 g/mol. The maximum atomic E-state index is 12.0. The molecule has 0 aromatic heterocycles. The maximum Gasteiger partial charge on any atom is 0.135 e. The molecule has 0 amide bonds. The van der Waals surface area contributed by atoms with Crippen molar-refractivity contribution in [1.29, 1.82) is 0 Å². The van der Waals surface area contributed by atoms with Crippen molar-refractivity contribution in [3.8, 4) is 0 Å². The van der Waals surface area contributed by atoms with Crippen molar-refractivity contribution in [3.05, 3.63) is 0 Å². The zero-order valence-electron chi connectivity index (χ0n) is 12.3. The van der Waals surface area contributed by atoms with Gasteiger partial charge in [0, 0.05) is 18.4 Å². The van der Waals surface area contributed by atoms with Crippen LogP contribution in [0.25, 0.3) is 0 Å². The van der Waals surface area contributed by atoms with Gasteiger partial charge in [0.15, 0.2) is 0 Å². The van der Waals surface area contributed by atoms with E-state index < -0.39 is 0 Å². The third-order valence-electron chi connectivity index (χ3n) is 4.97. The van der Waals surface area contributed by atoms with Gasteiger partial charge in [-0.15, -0.1) is 0 Å². The normalized spacial score (nSPS) is 29.8. The van der Waals surface area contributed by atoms with E-state index in [0.29, 0.717) is 23.2 Å². The molecule has 0 aromatic carbocycles. The average Bonchev–Trinajstić information content (AvgIpc) is 2.79. The molecule has 0 radical (unpaired) electrons. The molecule has 2 heteroatoms. The fourth-order valence-electron chi connectivity index (χ4n) is 2.88. The van der Waals surface area contributed by atoms with Gasteiger partial charge in [-0.3, -0.25) is 4.79 Å². The van der Waals surface area contributed by atoms with E-state index in [1.165, 1.54) is 6.42 Å². The van der Waals surface area contributed by atoms with E-state index >= 15 is 0 Å². The summed E-state index contributed by atoms with van der Waals surface area (Å²) in [6.07, 6.45) is 2.97. The van der Waals surface area contributed by atoms with Gasteiger partial charge in [0.25, 0.3) is 0 Å². The molecule has 0 heterocycles. The summed E-state index contributed by atoms with van der Waals surface area (Å²) in [7, 11) is 2.01. The first-order valence-corrected chi connectivity index (χ1v) is 7.04. The van der Waals surface area contributed by atoms with Crippen LogP contribution in [0, 0.1) is 23.2 Å². The largest absolute Gasteiger partial charge is 0.317 e. The van der Waals surface area contributed by atoms with Crippen molar-refractivity contribution in [2.45, 2.75) is 59.9 Å². The van der Waals surface area contributed by atoms with Crippen LogP contribution in [-0.2, 0) is 4.79 Å². The van der Waals surface area contributed by atoms with Gasteiger partial charge in [-0.25, -0.2) is 0 Å². The fourth-order valence-corrected chi connectivity index (χ4v) is 2.88. The molecular weight excluding hydrogens is 210 g/mol. The quantitative estimate of drug-likeness (QED) is 0.739. The molecule has 4 atom stereocenters. The molecule has 0 aliphatic heterocycles. The lowest BCUT2D eigenvalue weighted by Crippen LogP contribution is -2.22. The Labute approximate surface area is 107 Å². The molecule has 0 bridgehead atoms. The van der Waals surface area contributed by atoms with Crippen LogP contribution in [0.2, 0.25) is 0 Å². The minimum absolute atomic E-state index is 0.244. The van der Waals surface area contributed by atoms with Crippen LogP contribution in [0.4, 0.5) is 0 Å². The van der Waals surface area contributed by atoms with Gasteiger partial charge >= 0.3 is 0 Å². The third-order valence-corrected chi connectivity index (χ3v) is 4.97. The lowest BCUT2D eigenvalue weighted by atomic mass is 9.96. The first-order valence-electron chi connectivity index (χ1n) is 7.04. The maximum absolute atomic E-state index is 12.0. The van der Waals surface area contributed by atoms with E-state index in [9.17, 15) is 4.79 Å². The summed E-state index contributed by atoms with van der Waals surface area (Å²) in [5, 5.41) is 3.30. The van der Waals surface area contributed by atoms with Gasteiger partial charge < -0.3 is 5.32 Å². The first kappa shape index (κ1) is 14.7. The van der Waals surface area contributed by atoms with Gasteiger partial charge in [0.1, 0.15) is 5.78 Å². The Morgan fingerprint density at radius 1 is 1.29 bits per heavy atom. The number of nitrogens with one attached hydrogen (secondary N) is 1. The van der Waals surface area contributed by atoms with Crippen molar-refractivity contribution in [3.63, 3.8) is 0 Å². The zero-order chi connectivity index (χ0) is 13.2. The van der Waals surface area contributed by atoms with Crippen LogP contribution >= 0.6 is 0 Å². The zero-order valence-corrected chi connectivity index (χ0v) is 12.3. The summed E-state index contributed by atoms with van der Waals surface area (Å²) in [5.41, 5.74) is 0.369. The van der Waals surface area contributed by atoms with Crippen LogP contribution in [0.15, 0.2) is 0 Å². The molecule has 100 valence electrons. The van der Waals surface area contributed by atoms with E-state index in [4.69, 9.17) is 0 Å². The summed E-state index contributed by atoms with van der Waals surface area (Å²) in [6, 6.07) is 0.558. The third kappa shape index (κ3) is 3.31. The lowest BCUT2D eigenvalue weighted by Gasteiger charge is -2.10. The van der Waals surface area contributed by atoms with E-state index in [1.807, 2.05) is 7.05 Å². The first-order chi connectivity index (χ1) is 7.84. The van der Waals surface area contributed by atoms with Crippen LogP contribution in [0.1, 0.15) is 53.9 Å². The fraction of sp³-hybridized carbons (Fsp3) is 0.933. The molecule has 2 nitrogen and oxygen atoms in total. The molecule has 1 fully saturated rings. The number of ketones is 1.